The van der Waals surface area contributed by atoms with Gasteiger partial charge in [0, 0.05) is 18.1 Å². The van der Waals surface area contributed by atoms with E-state index in [1.165, 1.54) is 12.1 Å². The van der Waals surface area contributed by atoms with Gasteiger partial charge in [-0.1, -0.05) is 17.7 Å². The Bertz CT molecular complexity index is 439. The molecule has 1 aromatic rings. The van der Waals surface area contributed by atoms with Crippen molar-refractivity contribution >= 4 is 17.5 Å². The zero-order valence-corrected chi connectivity index (χ0v) is 10.8. The van der Waals surface area contributed by atoms with Crippen LogP contribution in [0.25, 0.3) is 0 Å². The van der Waals surface area contributed by atoms with E-state index in [0.29, 0.717) is 11.6 Å². The van der Waals surface area contributed by atoms with E-state index in [1.54, 1.807) is 6.07 Å². The van der Waals surface area contributed by atoms with E-state index in [0.717, 1.165) is 31.4 Å². The number of hydrogen-bond donors (Lipinski definition) is 2. The van der Waals surface area contributed by atoms with E-state index in [2.05, 4.69) is 10.6 Å². The molecule has 18 heavy (non-hydrogen) atoms. The molecule has 1 amide bonds. The van der Waals surface area contributed by atoms with Crippen LogP contribution in [-0.2, 0) is 11.3 Å². The number of nitrogens with one attached hydrogen (secondary N) is 2. The summed E-state index contributed by atoms with van der Waals surface area (Å²) in [4.78, 5) is 11.7. The molecule has 0 radical (unpaired) electrons. The van der Waals surface area contributed by atoms with Crippen LogP contribution < -0.4 is 10.6 Å². The van der Waals surface area contributed by atoms with Crippen LogP contribution in [0.5, 0.6) is 0 Å². The summed E-state index contributed by atoms with van der Waals surface area (Å²) < 4.78 is 12.9. The molecule has 2 N–H and O–H groups in total. The molecule has 0 bridgehead atoms. The maximum Gasteiger partial charge on any atom is 0.237 e. The molecule has 0 aliphatic carbocycles. The van der Waals surface area contributed by atoms with Crippen molar-refractivity contribution in [3.8, 4) is 0 Å². The molecule has 1 heterocycles. The topological polar surface area (TPSA) is 41.1 Å². The van der Waals surface area contributed by atoms with E-state index in [1.807, 2.05) is 0 Å². The van der Waals surface area contributed by atoms with Crippen molar-refractivity contribution in [3.05, 3.63) is 34.6 Å². The van der Waals surface area contributed by atoms with Gasteiger partial charge in [-0.05, 0) is 37.0 Å². The van der Waals surface area contributed by atoms with Crippen LogP contribution in [0.3, 0.4) is 0 Å². The molecule has 1 fully saturated rings. The molecular weight excluding hydrogens is 255 g/mol. The SMILES string of the molecule is O=C1NCCCCC1NCc1ccc(F)cc1Cl. The minimum absolute atomic E-state index is 0.0331. The summed E-state index contributed by atoms with van der Waals surface area (Å²) in [6.45, 7) is 1.21. The number of rotatable bonds is 3. The summed E-state index contributed by atoms with van der Waals surface area (Å²) in [5.41, 5.74) is 0.801. The zero-order chi connectivity index (χ0) is 13.0. The fourth-order valence-electron chi connectivity index (χ4n) is 2.03. The monoisotopic (exact) mass is 270 g/mol. The van der Waals surface area contributed by atoms with Gasteiger partial charge in [-0.3, -0.25) is 4.79 Å². The minimum Gasteiger partial charge on any atom is -0.355 e. The van der Waals surface area contributed by atoms with Gasteiger partial charge in [0.25, 0.3) is 0 Å². The van der Waals surface area contributed by atoms with E-state index < -0.39 is 0 Å². The van der Waals surface area contributed by atoms with Crippen LogP contribution in [0, 0.1) is 5.82 Å². The molecule has 2 rings (SSSR count). The summed E-state index contributed by atoms with van der Waals surface area (Å²) in [5, 5.41) is 6.41. The van der Waals surface area contributed by atoms with Crippen LogP contribution in [0.15, 0.2) is 18.2 Å². The first-order valence-electron chi connectivity index (χ1n) is 6.12. The summed E-state index contributed by atoms with van der Waals surface area (Å²) >= 11 is 5.94. The Morgan fingerprint density at radius 2 is 2.28 bits per heavy atom. The fourth-order valence-corrected chi connectivity index (χ4v) is 2.27. The first kappa shape index (κ1) is 13.3. The number of hydrogen-bond acceptors (Lipinski definition) is 2. The Morgan fingerprint density at radius 1 is 1.44 bits per heavy atom. The van der Waals surface area contributed by atoms with Gasteiger partial charge in [-0.25, -0.2) is 4.39 Å². The molecule has 98 valence electrons. The molecule has 3 nitrogen and oxygen atoms in total. The zero-order valence-electron chi connectivity index (χ0n) is 10.0. The number of amides is 1. The Kier molecular flexibility index (Phi) is 4.55. The highest BCUT2D eigenvalue weighted by Crippen LogP contribution is 2.17. The molecule has 1 saturated heterocycles. The third kappa shape index (κ3) is 3.43. The molecular formula is C13H16ClFN2O. The van der Waals surface area contributed by atoms with Gasteiger partial charge in [-0.2, -0.15) is 0 Å². The van der Waals surface area contributed by atoms with Crippen molar-refractivity contribution < 1.29 is 9.18 Å². The standard InChI is InChI=1S/C13H16ClFN2O/c14-11-7-10(15)5-4-9(11)8-17-12-3-1-2-6-16-13(12)18/h4-5,7,12,17H,1-3,6,8H2,(H,16,18). The van der Waals surface area contributed by atoms with E-state index in [9.17, 15) is 9.18 Å². The van der Waals surface area contributed by atoms with Crippen molar-refractivity contribution in [1.29, 1.82) is 0 Å². The maximum absolute atomic E-state index is 12.9. The Morgan fingerprint density at radius 3 is 3.06 bits per heavy atom. The van der Waals surface area contributed by atoms with Gasteiger partial charge >= 0.3 is 0 Å². The van der Waals surface area contributed by atoms with Crippen LogP contribution >= 0.6 is 11.6 Å². The van der Waals surface area contributed by atoms with Gasteiger partial charge in [0.1, 0.15) is 5.82 Å². The van der Waals surface area contributed by atoms with Crippen molar-refractivity contribution in [2.45, 2.75) is 31.8 Å². The molecule has 1 aliphatic rings. The molecule has 1 unspecified atom stereocenters. The average molecular weight is 271 g/mol. The third-order valence-electron chi connectivity index (χ3n) is 3.09. The third-order valence-corrected chi connectivity index (χ3v) is 3.44. The van der Waals surface area contributed by atoms with Gasteiger partial charge in [0.05, 0.1) is 6.04 Å². The highest BCUT2D eigenvalue weighted by atomic mass is 35.5. The van der Waals surface area contributed by atoms with Gasteiger partial charge in [0.15, 0.2) is 0 Å². The molecule has 1 aliphatic heterocycles. The second-order valence-corrected chi connectivity index (χ2v) is 4.86. The van der Waals surface area contributed by atoms with E-state index in [-0.39, 0.29) is 17.8 Å². The quantitative estimate of drug-likeness (QED) is 0.884. The Hall–Kier alpha value is -1.13. The lowest BCUT2D eigenvalue weighted by molar-refractivity contribution is -0.122. The maximum atomic E-state index is 12.9. The normalized spacial score (nSPS) is 20.3. The van der Waals surface area contributed by atoms with Crippen molar-refractivity contribution in [3.63, 3.8) is 0 Å². The van der Waals surface area contributed by atoms with Crippen LogP contribution in [0.2, 0.25) is 5.02 Å². The van der Waals surface area contributed by atoms with Crippen molar-refractivity contribution in [1.82, 2.24) is 10.6 Å². The molecule has 0 spiro atoms. The smallest absolute Gasteiger partial charge is 0.237 e. The number of carbonyl (C=O) groups is 1. The fraction of sp³-hybridized carbons (Fsp3) is 0.462. The highest BCUT2D eigenvalue weighted by Gasteiger charge is 2.19. The first-order chi connectivity index (χ1) is 8.66. The van der Waals surface area contributed by atoms with Gasteiger partial charge < -0.3 is 10.6 Å². The second-order valence-electron chi connectivity index (χ2n) is 4.46. The number of benzene rings is 1. The molecule has 1 atom stereocenters. The summed E-state index contributed by atoms with van der Waals surface area (Å²) in [5.74, 6) is -0.318. The van der Waals surface area contributed by atoms with E-state index >= 15 is 0 Å². The molecule has 5 heteroatoms. The molecule has 1 aromatic carbocycles. The minimum atomic E-state index is -0.351. The van der Waals surface area contributed by atoms with Crippen LogP contribution in [0.1, 0.15) is 24.8 Å². The van der Waals surface area contributed by atoms with Crippen molar-refractivity contribution in [2.75, 3.05) is 6.54 Å². The highest BCUT2D eigenvalue weighted by molar-refractivity contribution is 6.31. The van der Waals surface area contributed by atoms with Crippen LogP contribution in [-0.4, -0.2) is 18.5 Å². The first-order valence-corrected chi connectivity index (χ1v) is 6.49. The largest absolute Gasteiger partial charge is 0.355 e. The molecule has 0 aromatic heterocycles. The average Bonchev–Trinajstić information content (AvgIpc) is 2.53. The summed E-state index contributed by atoms with van der Waals surface area (Å²) in [7, 11) is 0. The lowest BCUT2D eigenvalue weighted by Crippen LogP contribution is -2.42. The summed E-state index contributed by atoms with van der Waals surface area (Å²) in [6.07, 6.45) is 2.86. The second kappa shape index (κ2) is 6.16. The van der Waals surface area contributed by atoms with Gasteiger partial charge in [-0.15, -0.1) is 0 Å². The van der Waals surface area contributed by atoms with E-state index in [4.69, 9.17) is 11.6 Å². The number of carbonyl (C=O) groups excluding carboxylic acids is 1. The predicted octanol–water partition coefficient (Wildman–Crippen LogP) is 2.24. The summed E-state index contributed by atoms with van der Waals surface area (Å²) in [6, 6.07) is 4.11. The Labute approximate surface area is 111 Å². The van der Waals surface area contributed by atoms with Crippen LogP contribution in [0.4, 0.5) is 4.39 Å². The van der Waals surface area contributed by atoms with Crippen molar-refractivity contribution in [2.24, 2.45) is 0 Å². The van der Waals surface area contributed by atoms with Gasteiger partial charge in [0.2, 0.25) is 5.91 Å². The molecule has 0 saturated carbocycles. The lowest BCUT2D eigenvalue weighted by atomic mass is 10.1. The Balaban J connectivity index is 1.95. The number of halogens is 2. The predicted molar refractivity (Wildman–Crippen MR) is 68.9 cm³/mol. The lowest BCUT2D eigenvalue weighted by Gasteiger charge is -2.15.